The van der Waals surface area contributed by atoms with E-state index in [-0.39, 0.29) is 10.8 Å². The Morgan fingerprint density at radius 2 is 1.43 bits per heavy atom. The first-order chi connectivity index (χ1) is 14.4. The van der Waals surface area contributed by atoms with Gasteiger partial charge in [-0.25, -0.2) is 0 Å². The molecule has 6 nitrogen and oxygen atoms in total. The fourth-order valence-electron chi connectivity index (χ4n) is 2.92. The molecular formula is C23H23NO5S. The lowest BCUT2D eigenvalue weighted by Crippen LogP contribution is -2.29. The van der Waals surface area contributed by atoms with Gasteiger partial charge in [0, 0.05) is 5.69 Å². The van der Waals surface area contributed by atoms with Crippen molar-refractivity contribution in [3.8, 4) is 5.75 Å². The number of hydrogen-bond acceptors (Lipinski definition) is 5. The molecule has 0 aliphatic heterocycles. The van der Waals surface area contributed by atoms with Crippen LogP contribution in [0.1, 0.15) is 18.6 Å². The predicted octanol–water partition coefficient (Wildman–Crippen LogP) is 4.42. The van der Waals surface area contributed by atoms with E-state index in [2.05, 4.69) is 5.32 Å². The summed E-state index contributed by atoms with van der Waals surface area (Å²) in [6.07, 6.45) is -0.991. The molecule has 0 aliphatic carbocycles. The molecule has 3 rings (SSSR count). The van der Waals surface area contributed by atoms with Crippen LogP contribution >= 0.6 is 0 Å². The molecule has 0 saturated carbocycles. The third-order valence-electron chi connectivity index (χ3n) is 4.62. The van der Waals surface area contributed by atoms with Crippen molar-refractivity contribution < 1.29 is 22.1 Å². The Hall–Kier alpha value is -3.16. The van der Waals surface area contributed by atoms with Crippen LogP contribution in [-0.2, 0) is 19.1 Å². The maximum Gasteiger partial charge on any atom is 0.297 e. The van der Waals surface area contributed by atoms with E-state index in [0.29, 0.717) is 17.0 Å². The first-order valence-corrected chi connectivity index (χ1v) is 10.8. The number of hydrogen-bond donors (Lipinski definition) is 1. The van der Waals surface area contributed by atoms with Gasteiger partial charge in [-0.1, -0.05) is 55.5 Å². The van der Waals surface area contributed by atoms with Crippen molar-refractivity contribution in [3.63, 3.8) is 0 Å². The standard InChI is InChI=1S/C23H23NO5S/c1-17(23(25)24-19-13-15-20(28-2)16-14-19)22(18-9-5-3-6-10-18)29-30(26,27)21-11-7-4-8-12-21/h3-17,22H,1-2H3,(H,24,25)/t17-,22+/m1/s1. The molecule has 0 heterocycles. The Balaban J connectivity index is 1.85. The second-order valence-electron chi connectivity index (χ2n) is 6.70. The van der Waals surface area contributed by atoms with Gasteiger partial charge >= 0.3 is 0 Å². The van der Waals surface area contributed by atoms with Crippen LogP contribution in [0.4, 0.5) is 5.69 Å². The fraction of sp³-hybridized carbons (Fsp3) is 0.174. The summed E-state index contributed by atoms with van der Waals surface area (Å²) in [5.41, 5.74) is 1.17. The van der Waals surface area contributed by atoms with Crippen molar-refractivity contribution in [1.29, 1.82) is 0 Å². The van der Waals surface area contributed by atoms with Crippen LogP contribution in [0.5, 0.6) is 5.75 Å². The first kappa shape index (κ1) is 21.5. The topological polar surface area (TPSA) is 81.7 Å². The summed E-state index contributed by atoms with van der Waals surface area (Å²) in [5, 5.41) is 2.80. The van der Waals surface area contributed by atoms with Crippen molar-refractivity contribution >= 4 is 21.7 Å². The van der Waals surface area contributed by atoms with E-state index in [1.165, 1.54) is 12.1 Å². The molecule has 0 spiro atoms. The highest BCUT2D eigenvalue weighted by Gasteiger charge is 2.32. The van der Waals surface area contributed by atoms with Gasteiger partial charge in [-0.05, 0) is 42.0 Å². The van der Waals surface area contributed by atoms with Crippen LogP contribution < -0.4 is 10.1 Å². The maximum atomic E-state index is 12.9. The van der Waals surface area contributed by atoms with E-state index in [1.807, 2.05) is 6.07 Å². The summed E-state index contributed by atoms with van der Waals surface area (Å²) < 4.78 is 36.3. The molecule has 2 atom stereocenters. The quantitative estimate of drug-likeness (QED) is 0.541. The zero-order chi connectivity index (χ0) is 21.6. The average molecular weight is 426 g/mol. The van der Waals surface area contributed by atoms with Gasteiger partial charge in [-0.3, -0.25) is 8.98 Å². The predicted molar refractivity (Wildman–Crippen MR) is 115 cm³/mol. The number of carbonyl (C=O) groups excluding carboxylic acids is 1. The number of benzene rings is 3. The van der Waals surface area contributed by atoms with Crippen LogP contribution in [0.2, 0.25) is 0 Å². The monoisotopic (exact) mass is 425 g/mol. The molecule has 156 valence electrons. The molecule has 0 aromatic heterocycles. The minimum Gasteiger partial charge on any atom is -0.497 e. The second kappa shape index (κ2) is 9.56. The van der Waals surface area contributed by atoms with Gasteiger partial charge in [0.1, 0.15) is 11.9 Å². The molecule has 7 heteroatoms. The van der Waals surface area contributed by atoms with Gasteiger partial charge in [0.2, 0.25) is 5.91 Å². The molecule has 1 N–H and O–H groups in total. The Kier molecular flexibility index (Phi) is 6.87. The molecule has 0 radical (unpaired) electrons. The number of carbonyl (C=O) groups is 1. The molecule has 0 fully saturated rings. The molecule has 3 aromatic rings. The van der Waals surface area contributed by atoms with Gasteiger partial charge in [-0.15, -0.1) is 0 Å². The molecule has 3 aromatic carbocycles. The molecule has 0 aliphatic rings. The molecule has 0 bridgehead atoms. The van der Waals surface area contributed by atoms with E-state index in [4.69, 9.17) is 8.92 Å². The number of rotatable bonds is 8. The second-order valence-corrected chi connectivity index (χ2v) is 8.27. The average Bonchev–Trinajstić information content (AvgIpc) is 2.78. The molecule has 0 unspecified atom stereocenters. The number of amides is 1. The first-order valence-electron chi connectivity index (χ1n) is 9.39. The summed E-state index contributed by atoms with van der Waals surface area (Å²) in [5.74, 6) is -0.481. The Bertz CT molecular complexity index is 1070. The normalized spacial score (nSPS) is 13.3. The summed E-state index contributed by atoms with van der Waals surface area (Å²) in [7, 11) is -2.50. The van der Waals surface area contributed by atoms with Gasteiger partial charge in [0.15, 0.2) is 0 Å². The van der Waals surface area contributed by atoms with E-state index < -0.39 is 22.1 Å². The van der Waals surface area contributed by atoms with Crippen LogP contribution in [0.15, 0.2) is 89.8 Å². The van der Waals surface area contributed by atoms with Crippen molar-refractivity contribution in [2.24, 2.45) is 5.92 Å². The third kappa shape index (κ3) is 5.25. The summed E-state index contributed by atoms with van der Waals surface area (Å²) in [6.45, 7) is 1.64. The summed E-state index contributed by atoms with van der Waals surface area (Å²) >= 11 is 0. The highest BCUT2D eigenvalue weighted by atomic mass is 32.2. The minimum absolute atomic E-state index is 0.0358. The molecule has 0 saturated heterocycles. The van der Waals surface area contributed by atoms with Crippen molar-refractivity contribution in [3.05, 3.63) is 90.5 Å². The lowest BCUT2D eigenvalue weighted by atomic mass is 9.96. The van der Waals surface area contributed by atoms with Crippen LogP contribution in [0.3, 0.4) is 0 Å². The smallest absolute Gasteiger partial charge is 0.297 e. The van der Waals surface area contributed by atoms with Crippen LogP contribution in [0, 0.1) is 5.92 Å². The van der Waals surface area contributed by atoms with Crippen molar-refractivity contribution in [2.75, 3.05) is 12.4 Å². The lowest BCUT2D eigenvalue weighted by molar-refractivity contribution is -0.122. The third-order valence-corrected chi connectivity index (χ3v) is 5.93. The van der Waals surface area contributed by atoms with Crippen molar-refractivity contribution in [1.82, 2.24) is 0 Å². The van der Waals surface area contributed by atoms with E-state index in [9.17, 15) is 13.2 Å². The number of nitrogens with one attached hydrogen (secondary N) is 1. The minimum atomic E-state index is -4.06. The fourth-order valence-corrected chi connectivity index (χ4v) is 4.07. The summed E-state index contributed by atoms with van der Waals surface area (Å²) in [6, 6.07) is 23.6. The van der Waals surface area contributed by atoms with E-state index in [0.717, 1.165) is 0 Å². The Morgan fingerprint density at radius 3 is 2.00 bits per heavy atom. The van der Waals surface area contributed by atoms with Crippen LogP contribution in [-0.4, -0.2) is 21.4 Å². The SMILES string of the molecule is COc1ccc(NC(=O)[C@H](C)[C@H](OS(=O)(=O)c2ccccc2)c2ccccc2)cc1. The van der Waals surface area contributed by atoms with E-state index >= 15 is 0 Å². The zero-order valence-corrected chi connectivity index (χ0v) is 17.5. The Morgan fingerprint density at radius 1 is 0.867 bits per heavy atom. The lowest BCUT2D eigenvalue weighted by Gasteiger charge is -2.24. The number of anilines is 1. The highest BCUT2D eigenvalue weighted by molar-refractivity contribution is 7.86. The van der Waals surface area contributed by atoms with Crippen LogP contribution in [0.25, 0.3) is 0 Å². The summed E-state index contributed by atoms with van der Waals surface area (Å²) in [4.78, 5) is 12.9. The van der Waals surface area contributed by atoms with E-state index in [1.54, 1.807) is 80.8 Å². The van der Waals surface area contributed by atoms with Gasteiger partial charge < -0.3 is 10.1 Å². The molecule has 30 heavy (non-hydrogen) atoms. The highest BCUT2D eigenvalue weighted by Crippen LogP contribution is 2.31. The largest absolute Gasteiger partial charge is 0.497 e. The molecular weight excluding hydrogens is 402 g/mol. The van der Waals surface area contributed by atoms with Gasteiger partial charge in [0.25, 0.3) is 10.1 Å². The van der Waals surface area contributed by atoms with Gasteiger partial charge in [0.05, 0.1) is 17.9 Å². The Labute approximate surface area is 176 Å². The molecule has 1 amide bonds. The zero-order valence-electron chi connectivity index (χ0n) is 16.7. The number of ether oxygens (including phenoxy) is 1. The number of methoxy groups -OCH3 is 1. The van der Waals surface area contributed by atoms with Gasteiger partial charge in [-0.2, -0.15) is 8.42 Å². The van der Waals surface area contributed by atoms with Crippen molar-refractivity contribution in [2.45, 2.75) is 17.9 Å². The maximum absolute atomic E-state index is 12.9.